The molecule has 0 bridgehead atoms. The molecule has 1 aromatic heterocycles. The lowest BCUT2D eigenvalue weighted by molar-refractivity contribution is -0.117. The van der Waals surface area contributed by atoms with Crippen LogP contribution in [0.4, 0.5) is 5.00 Å². The average molecular weight is 265 g/mol. The molecule has 0 saturated heterocycles. The fourth-order valence-electron chi connectivity index (χ4n) is 1.52. The number of carbonyl (C=O) groups is 2. The van der Waals surface area contributed by atoms with Gasteiger partial charge in [0.15, 0.2) is 0 Å². The molecular weight excluding hydrogens is 250 g/mol. The van der Waals surface area contributed by atoms with Gasteiger partial charge in [-0.2, -0.15) is 0 Å². The van der Waals surface area contributed by atoms with E-state index in [1.165, 1.54) is 17.4 Å². The van der Waals surface area contributed by atoms with Crippen LogP contribution in [0.25, 0.3) is 0 Å². The maximum atomic E-state index is 11.7. The zero-order valence-corrected chi connectivity index (χ0v) is 11.0. The van der Waals surface area contributed by atoms with Gasteiger partial charge in [-0.3, -0.25) is 4.79 Å². The van der Waals surface area contributed by atoms with Crippen LogP contribution in [0.3, 0.4) is 0 Å². The third-order valence-corrected chi connectivity index (χ3v) is 3.76. The van der Waals surface area contributed by atoms with E-state index < -0.39 is 0 Å². The number of carbonyl (C=O) groups excluding carboxylic acids is 2. The van der Waals surface area contributed by atoms with Crippen molar-refractivity contribution in [3.63, 3.8) is 0 Å². The van der Waals surface area contributed by atoms with Gasteiger partial charge in [-0.1, -0.05) is 12.7 Å². The molecule has 5 heteroatoms. The number of rotatable bonds is 5. The van der Waals surface area contributed by atoms with Crippen molar-refractivity contribution in [1.29, 1.82) is 0 Å². The van der Waals surface area contributed by atoms with Crippen molar-refractivity contribution >= 4 is 28.2 Å². The van der Waals surface area contributed by atoms with Crippen molar-refractivity contribution in [2.75, 3.05) is 11.9 Å². The van der Waals surface area contributed by atoms with Crippen LogP contribution >= 0.6 is 11.3 Å². The van der Waals surface area contributed by atoms with E-state index >= 15 is 0 Å². The van der Waals surface area contributed by atoms with Gasteiger partial charge in [0.1, 0.15) is 11.5 Å². The second-order valence-electron chi connectivity index (χ2n) is 4.27. The molecule has 0 aliphatic heterocycles. The normalized spacial score (nSPS) is 14.1. The topological polar surface area (TPSA) is 55.4 Å². The number of anilines is 1. The van der Waals surface area contributed by atoms with E-state index in [1.807, 2.05) is 6.92 Å². The highest BCUT2D eigenvalue weighted by molar-refractivity contribution is 7.18. The summed E-state index contributed by atoms with van der Waals surface area (Å²) in [6.45, 7) is 5.51. The van der Waals surface area contributed by atoms with E-state index in [0.29, 0.717) is 9.88 Å². The molecule has 1 aliphatic carbocycles. The van der Waals surface area contributed by atoms with E-state index in [0.717, 1.165) is 18.4 Å². The lowest BCUT2D eigenvalue weighted by atomic mass is 10.3. The van der Waals surface area contributed by atoms with Crippen LogP contribution in [0.15, 0.2) is 18.7 Å². The molecule has 1 amide bonds. The average Bonchev–Trinajstić information content (AvgIpc) is 3.11. The largest absolute Gasteiger partial charge is 0.457 e. The summed E-state index contributed by atoms with van der Waals surface area (Å²) < 4.78 is 4.98. The summed E-state index contributed by atoms with van der Waals surface area (Å²) in [4.78, 5) is 23.8. The molecule has 18 heavy (non-hydrogen) atoms. The van der Waals surface area contributed by atoms with Crippen LogP contribution < -0.4 is 5.32 Å². The number of hydrogen-bond acceptors (Lipinski definition) is 4. The predicted molar refractivity (Wildman–Crippen MR) is 70.9 cm³/mol. The fraction of sp³-hybridized carbons (Fsp3) is 0.385. The number of hydrogen-bond donors (Lipinski definition) is 1. The molecule has 1 N–H and O–H groups in total. The van der Waals surface area contributed by atoms with Gasteiger partial charge in [0, 0.05) is 5.92 Å². The Kier molecular flexibility index (Phi) is 3.81. The molecule has 1 aliphatic rings. The van der Waals surface area contributed by atoms with Gasteiger partial charge in [0.05, 0.1) is 5.00 Å². The van der Waals surface area contributed by atoms with E-state index in [1.54, 1.807) is 6.07 Å². The molecule has 96 valence electrons. The van der Waals surface area contributed by atoms with Crippen molar-refractivity contribution < 1.29 is 14.3 Å². The first kappa shape index (κ1) is 12.8. The van der Waals surface area contributed by atoms with Crippen LogP contribution in [-0.2, 0) is 9.53 Å². The van der Waals surface area contributed by atoms with Crippen molar-refractivity contribution in [1.82, 2.24) is 0 Å². The van der Waals surface area contributed by atoms with Crippen LogP contribution in [0.1, 0.15) is 28.1 Å². The smallest absolute Gasteiger partial charge is 0.348 e. The van der Waals surface area contributed by atoms with Crippen LogP contribution in [0, 0.1) is 12.8 Å². The number of esters is 1. The minimum Gasteiger partial charge on any atom is -0.457 e. The molecule has 1 fully saturated rings. The number of thiophene rings is 1. The zero-order valence-electron chi connectivity index (χ0n) is 10.2. The molecule has 0 aromatic carbocycles. The van der Waals surface area contributed by atoms with Gasteiger partial charge >= 0.3 is 5.97 Å². The molecule has 0 radical (unpaired) electrons. The third-order valence-electron chi connectivity index (χ3n) is 2.63. The highest BCUT2D eigenvalue weighted by Crippen LogP contribution is 2.33. The standard InChI is InChI=1S/C13H15NO3S/c1-3-6-17-13(16)11-8(2)7-10(18-11)14-12(15)9-4-5-9/h3,7,9H,1,4-6H2,2H3,(H,14,15). The van der Waals surface area contributed by atoms with Crippen LogP contribution in [0.2, 0.25) is 0 Å². The van der Waals surface area contributed by atoms with Crippen molar-refractivity contribution in [3.05, 3.63) is 29.2 Å². The van der Waals surface area contributed by atoms with Crippen LogP contribution in [-0.4, -0.2) is 18.5 Å². The van der Waals surface area contributed by atoms with Gasteiger partial charge < -0.3 is 10.1 Å². The van der Waals surface area contributed by atoms with E-state index in [-0.39, 0.29) is 24.4 Å². The quantitative estimate of drug-likeness (QED) is 0.658. The Bertz CT molecular complexity index is 488. The third kappa shape index (κ3) is 2.98. The molecule has 4 nitrogen and oxygen atoms in total. The van der Waals surface area contributed by atoms with Crippen molar-refractivity contribution in [2.24, 2.45) is 5.92 Å². The Morgan fingerprint density at radius 3 is 2.94 bits per heavy atom. The second-order valence-corrected chi connectivity index (χ2v) is 5.33. The first-order valence-electron chi connectivity index (χ1n) is 5.81. The molecule has 1 heterocycles. The molecule has 0 atom stereocenters. The summed E-state index contributed by atoms with van der Waals surface area (Å²) in [7, 11) is 0. The molecule has 1 aromatic rings. The number of nitrogens with one attached hydrogen (secondary N) is 1. The van der Waals surface area contributed by atoms with Gasteiger partial charge in [-0.05, 0) is 31.4 Å². The highest BCUT2D eigenvalue weighted by atomic mass is 32.1. The molecule has 0 spiro atoms. The van der Waals surface area contributed by atoms with Gasteiger partial charge in [-0.15, -0.1) is 11.3 Å². The summed E-state index contributed by atoms with van der Waals surface area (Å²) in [6, 6.07) is 1.80. The molecule has 1 saturated carbocycles. The first-order chi connectivity index (χ1) is 8.61. The monoisotopic (exact) mass is 265 g/mol. The van der Waals surface area contributed by atoms with Crippen LogP contribution in [0.5, 0.6) is 0 Å². The van der Waals surface area contributed by atoms with Gasteiger partial charge in [0.2, 0.25) is 5.91 Å². The Balaban J connectivity index is 2.03. The summed E-state index contributed by atoms with van der Waals surface area (Å²) >= 11 is 1.25. The first-order valence-corrected chi connectivity index (χ1v) is 6.62. The number of ether oxygens (including phenoxy) is 1. The molecule has 0 unspecified atom stereocenters. The molecule has 2 rings (SSSR count). The SMILES string of the molecule is C=CCOC(=O)c1sc(NC(=O)C2CC2)cc1C. The zero-order chi connectivity index (χ0) is 13.1. The molecular formula is C13H15NO3S. The summed E-state index contributed by atoms with van der Waals surface area (Å²) in [5, 5.41) is 3.53. The van der Waals surface area contributed by atoms with E-state index in [2.05, 4.69) is 11.9 Å². The van der Waals surface area contributed by atoms with Gasteiger partial charge in [0.25, 0.3) is 0 Å². The lowest BCUT2D eigenvalue weighted by Crippen LogP contribution is -2.12. The summed E-state index contributed by atoms with van der Waals surface area (Å²) in [5.74, 6) is -0.171. The van der Waals surface area contributed by atoms with Crippen molar-refractivity contribution in [2.45, 2.75) is 19.8 Å². The van der Waals surface area contributed by atoms with Gasteiger partial charge in [-0.25, -0.2) is 4.79 Å². The summed E-state index contributed by atoms with van der Waals surface area (Å²) in [5.41, 5.74) is 0.820. The maximum Gasteiger partial charge on any atom is 0.348 e. The number of amides is 1. The Labute approximate surface area is 110 Å². The van der Waals surface area contributed by atoms with E-state index in [9.17, 15) is 9.59 Å². The predicted octanol–water partition coefficient (Wildman–Crippen LogP) is 2.75. The maximum absolute atomic E-state index is 11.7. The second kappa shape index (κ2) is 5.35. The fourth-order valence-corrected chi connectivity index (χ4v) is 2.48. The summed E-state index contributed by atoms with van der Waals surface area (Å²) in [6.07, 6.45) is 3.45. The Hall–Kier alpha value is -1.62. The number of aryl methyl sites for hydroxylation is 1. The lowest BCUT2D eigenvalue weighted by Gasteiger charge is -2.00. The van der Waals surface area contributed by atoms with E-state index in [4.69, 9.17) is 4.74 Å². The Morgan fingerprint density at radius 1 is 1.61 bits per heavy atom. The minimum atomic E-state index is -0.371. The van der Waals surface area contributed by atoms with Crippen molar-refractivity contribution in [3.8, 4) is 0 Å². The Morgan fingerprint density at radius 2 is 2.33 bits per heavy atom. The minimum absolute atomic E-state index is 0.0438. The highest BCUT2D eigenvalue weighted by Gasteiger charge is 2.30.